The SMILES string of the molecule is CN(C)Cc1cc(C(F)=C(F)F)c2c(c1O)C(O)=C1C(=O)[C@]3(O)C(O)=C(C(N)=O)C(=O)[C@@H](N(C)C)[C@@H]3C[C@@H]1C2. The minimum atomic E-state index is -2.85. The van der Waals surface area contributed by atoms with Crippen LogP contribution in [0.1, 0.15) is 28.7 Å². The maximum atomic E-state index is 14.7. The number of likely N-dealkylation sites (N-methyl/N-ethyl adjacent to an activating group) is 1. The lowest BCUT2D eigenvalue weighted by molar-refractivity contribution is -0.153. The third-order valence-electron chi connectivity index (χ3n) is 7.69. The summed E-state index contributed by atoms with van der Waals surface area (Å²) in [4.78, 5) is 41.9. The summed E-state index contributed by atoms with van der Waals surface area (Å²) in [5.74, 6) is -10.5. The van der Waals surface area contributed by atoms with Crippen LogP contribution in [0, 0.1) is 11.8 Å². The van der Waals surface area contributed by atoms with E-state index < -0.39 is 92.4 Å². The van der Waals surface area contributed by atoms with Gasteiger partial charge in [0.1, 0.15) is 22.8 Å². The van der Waals surface area contributed by atoms with E-state index in [0.29, 0.717) is 0 Å². The van der Waals surface area contributed by atoms with E-state index in [2.05, 4.69) is 0 Å². The number of hydrogen-bond donors (Lipinski definition) is 5. The van der Waals surface area contributed by atoms with Gasteiger partial charge in [-0.1, -0.05) is 0 Å². The molecule has 39 heavy (non-hydrogen) atoms. The summed E-state index contributed by atoms with van der Waals surface area (Å²) in [6.45, 7) is -0.0442. The molecule has 6 N–H and O–H groups in total. The number of amides is 1. The number of aromatic hydroxyl groups is 1. The summed E-state index contributed by atoms with van der Waals surface area (Å²) in [5, 5.41) is 44.8. The van der Waals surface area contributed by atoms with Gasteiger partial charge in [0.2, 0.25) is 5.78 Å². The van der Waals surface area contributed by atoms with E-state index in [0.717, 1.165) is 6.07 Å². The number of rotatable bonds is 5. The standard InChI is InChI=1S/C26H28F3N3O7/c1-31(2)8-10-6-12(17(27)24(28)29)11-5-9-7-13-18(32(3)4)21(35)16(25(30)38)23(37)26(13,39)22(36)14(9)20(34)15(11)19(10)33/h6,9,13,18,33-34,37,39H,5,7-8H2,1-4H3,(H2,30,38)/t9-,13-,18-,26-/m0/s1. The highest BCUT2D eigenvalue weighted by Gasteiger charge is 2.64. The van der Waals surface area contributed by atoms with E-state index in [1.165, 1.54) is 19.0 Å². The van der Waals surface area contributed by atoms with Crippen LogP contribution in [0.15, 0.2) is 29.1 Å². The second-order valence-electron chi connectivity index (χ2n) is 10.6. The maximum absolute atomic E-state index is 14.7. The Kier molecular flexibility index (Phi) is 6.90. The van der Waals surface area contributed by atoms with Crippen molar-refractivity contribution in [3.05, 3.63) is 51.3 Å². The summed E-state index contributed by atoms with van der Waals surface area (Å²) in [6.07, 6.45) is -3.20. The Morgan fingerprint density at radius 3 is 2.26 bits per heavy atom. The normalized spacial score (nSPS) is 26.6. The fourth-order valence-corrected chi connectivity index (χ4v) is 6.13. The number of hydrogen-bond acceptors (Lipinski definition) is 9. The van der Waals surface area contributed by atoms with Crippen LogP contribution in [0.2, 0.25) is 0 Å². The molecule has 0 heterocycles. The Balaban J connectivity index is 2.03. The number of primary amides is 1. The Morgan fingerprint density at radius 1 is 1.13 bits per heavy atom. The molecule has 0 radical (unpaired) electrons. The van der Waals surface area contributed by atoms with Crippen molar-refractivity contribution < 1.29 is 48.0 Å². The third kappa shape index (κ3) is 4.03. The highest BCUT2D eigenvalue weighted by molar-refractivity contribution is 6.24. The number of ketones is 2. The number of nitrogens with two attached hydrogens (primary N) is 1. The van der Waals surface area contributed by atoms with Gasteiger partial charge in [0.15, 0.2) is 17.2 Å². The largest absolute Gasteiger partial charge is 0.508 e. The number of carbonyl (C=O) groups is 3. The molecule has 0 aliphatic heterocycles. The Hall–Kier alpha value is -3.68. The molecule has 4 rings (SSSR count). The molecule has 10 nitrogen and oxygen atoms in total. The molecule has 1 amide bonds. The molecule has 0 spiro atoms. The van der Waals surface area contributed by atoms with Gasteiger partial charge >= 0.3 is 6.08 Å². The van der Waals surface area contributed by atoms with Crippen molar-refractivity contribution in [3.63, 3.8) is 0 Å². The summed E-state index contributed by atoms with van der Waals surface area (Å²) in [6, 6.07) is -0.264. The molecule has 3 aliphatic carbocycles. The third-order valence-corrected chi connectivity index (χ3v) is 7.69. The monoisotopic (exact) mass is 551 g/mol. The van der Waals surface area contributed by atoms with E-state index in [-0.39, 0.29) is 30.5 Å². The van der Waals surface area contributed by atoms with Gasteiger partial charge < -0.3 is 31.1 Å². The average molecular weight is 552 g/mol. The minimum Gasteiger partial charge on any atom is -0.508 e. The van der Waals surface area contributed by atoms with Crippen molar-refractivity contribution in [2.24, 2.45) is 17.6 Å². The fraction of sp³-hybridized carbons (Fsp3) is 0.423. The van der Waals surface area contributed by atoms with Crippen LogP contribution < -0.4 is 5.73 Å². The molecule has 13 heteroatoms. The predicted molar refractivity (Wildman–Crippen MR) is 132 cm³/mol. The zero-order valence-electron chi connectivity index (χ0n) is 21.5. The van der Waals surface area contributed by atoms with Crippen molar-refractivity contribution >= 4 is 29.1 Å². The second-order valence-corrected chi connectivity index (χ2v) is 10.6. The van der Waals surface area contributed by atoms with Crippen LogP contribution in [-0.4, -0.2) is 87.5 Å². The van der Waals surface area contributed by atoms with Crippen LogP contribution in [0.4, 0.5) is 13.2 Å². The zero-order valence-corrected chi connectivity index (χ0v) is 21.5. The molecule has 0 saturated heterocycles. The summed E-state index contributed by atoms with van der Waals surface area (Å²) in [7, 11) is 6.10. The molecule has 0 aromatic heterocycles. The van der Waals surface area contributed by atoms with Gasteiger partial charge in [-0.25, -0.2) is 4.39 Å². The summed E-state index contributed by atoms with van der Waals surface area (Å²) < 4.78 is 41.6. The summed E-state index contributed by atoms with van der Waals surface area (Å²) >= 11 is 0. The van der Waals surface area contributed by atoms with Gasteiger partial charge in [-0.3, -0.25) is 19.3 Å². The number of carbonyl (C=O) groups excluding carboxylic acids is 3. The molecule has 1 saturated carbocycles. The maximum Gasteiger partial charge on any atom is 0.306 e. The van der Waals surface area contributed by atoms with Crippen molar-refractivity contribution in [1.82, 2.24) is 9.80 Å². The molecule has 1 aromatic rings. The summed E-state index contributed by atoms with van der Waals surface area (Å²) in [5.41, 5.74) is -0.236. The van der Waals surface area contributed by atoms with Gasteiger partial charge in [-0.05, 0) is 58.6 Å². The number of nitrogens with zero attached hydrogens (tertiary/aromatic N) is 2. The van der Waals surface area contributed by atoms with Crippen LogP contribution in [0.5, 0.6) is 5.75 Å². The molecule has 4 atom stereocenters. The molecule has 0 bridgehead atoms. The number of benzene rings is 1. The molecule has 1 aromatic carbocycles. The number of aliphatic hydroxyl groups excluding tert-OH is 2. The van der Waals surface area contributed by atoms with E-state index >= 15 is 0 Å². The van der Waals surface area contributed by atoms with Crippen LogP contribution in [0.3, 0.4) is 0 Å². The second kappa shape index (κ2) is 9.50. The zero-order chi connectivity index (χ0) is 29.3. The average Bonchev–Trinajstić information content (AvgIpc) is 2.81. The molecule has 210 valence electrons. The molecular formula is C26H28F3N3O7. The van der Waals surface area contributed by atoms with E-state index in [9.17, 15) is 48.0 Å². The molecule has 0 unspecified atom stereocenters. The van der Waals surface area contributed by atoms with Crippen molar-refractivity contribution in [1.29, 1.82) is 0 Å². The first-order valence-corrected chi connectivity index (χ1v) is 11.9. The van der Waals surface area contributed by atoms with Gasteiger partial charge in [-0.15, -0.1) is 0 Å². The van der Waals surface area contributed by atoms with Gasteiger partial charge in [0, 0.05) is 29.2 Å². The number of fused-ring (bicyclic) bond motifs is 3. The first-order valence-electron chi connectivity index (χ1n) is 11.9. The topological polar surface area (TPSA) is 165 Å². The first-order chi connectivity index (χ1) is 18.0. The molecular weight excluding hydrogens is 523 g/mol. The van der Waals surface area contributed by atoms with Crippen LogP contribution in [0.25, 0.3) is 11.6 Å². The van der Waals surface area contributed by atoms with Crippen molar-refractivity contribution in [2.75, 3.05) is 28.2 Å². The Morgan fingerprint density at radius 2 is 1.74 bits per heavy atom. The van der Waals surface area contributed by atoms with E-state index in [1.807, 2.05) is 0 Å². The Labute approximate surface area is 221 Å². The van der Waals surface area contributed by atoms with Crippen LogP contribution in [-0.2, 0) is 27.3 Å². The quantitative estimate of drug-likeness (QED) is 0.342. The fourth-order valence-electron chi connectivity index (χ4n) is 6.13. The lowest BCUT2D eigenvalue weighted by Crippen LogP contribution is -2.65. The van der Waals surface area contributed by atoms with Crippen LogP contribution >= 0.6 is 0 Å². The number of Topliss-reactive ketones (excluding diaryl/α,β-unsaturated/α-hetero) is 2. The smallest absolute Gasteiger partial charge is 0.306 e. The number of phenolic OH excluding ortho intramolecular Hbond substituents is 1. The predicted octanol–water partition coefficient (Wildman–Crippen LogP) is 1.56. The number of aliphatic hydroxyl groups is 3. The first kappa shape index (κ1) is 28.3. The lowest BCUT2D eigenvalue weighted by Gasteiger charge is -2.50. The minimum absolute atomic E-state index is 0.0229. The van der Waals surface area contributed by atoms with Crippen molar-refractivity contribution in [3.8, 4) is 5.75 Å². The van der Waals surface area contributed by atoms with Crippen molar-refractivity contribution in [2.45, 2.75) is 31.0 Å². The molecule has 3 aliphatic rings. The Bertz CT molecular complexity index is 1410. The van der Waals surface area contributed by atoms with E-state index in [1.54, 1.807) is 19.0 Å². The lowest BCUT2D eigenvalue weighted by atomic mass is 9.57. The molecule has 1 fully saturated rings. The number of phenols is 1. The van der Waals surface area contributed by atoms with E-state index in [4.69, 9.17) is 5.73 Å². The van der Waals surface area contributed by atoms with Gasteiger partial charge in [0.25, 0.3) is 5.91 Å². The van der Waals surface area contributed by atoms with Gasteiger partial charge in [-0.2, -0.15) is 8.78 Å². The highest BCUT2D eigenvalue weighted by atomic mass is 19.3. The van der Waals surface area contributed by atoms with Gasteiger partial charge in [0.05, 0.1) is 11.6 Å². The number of halogens is 3. The highest BCUT2D eigenvalue weighted by Crippen LogP contribution is 2.54.